The lowest BCUT2D eigenvalue weighted by molar-refractivity contribution is -0.112. The van der Waals surface area contributed by atoms with Crippen molar-refractivity contribution < 1.29 is 33.6 Å². The number of hydrogen-bond acceptors (Lipinski definition) is 8. The van der Waals surface area contributed by atoms with Crippen LogP contribution in [0.25, 0.3) is 11.6 Å². The van der Waals surface area contributed by atoms with Crippen LogP contribution in [0.5, 0.6) is 28.7 Å². The Bertz CT molecular complexity index is 1230. The summed E-state index contributed by atoms with van der Waals surface area (Å²) in [5.74, 6) is 2.38. The minimum Gasteiger partial charge on any atom is -0.497 e. The topological polar surface area (TPSA) is 122 Å². The fourth-order valence-corrected chi connectivity index (χ4v) is 3.62. The maximum Gasteiger partial charge on any atom is 0.249 e. The van der Waals surface area contributed by atoms with E-state index in [0.29, 0.717) is 45.4 Å². The van der Waals surface area contributed by atoms with E-state index in [2.05, 4.69) is 5.32 Å². The maximum atomic E-state index is 12.2. The zero-order chi connectivity index (χ0) is 27.5. The Morgan fingerprint density at radius 1 is 0.921 bits per heavy atom. The first-order chi connectivity index (χ1) is 18.3. The van der Waals surface area contributed by atoms with Gasteiger partial charge in [-0.2, -0.15) is 0 Å². The Morgan fingerprint density at radius 3 is 2.21 bits per heavy atom. The second kappa shape index (κ2) is 13.9. The van der Waals surface area contributed by atoms with Crippen molar-refractivity contribution in [3.8, 4) is 28.7 Å². The minimum absolute atomic E-state index is 0.0648. The smallest absolute Gasteiger partial charge is 0.249 e. The van der Waals surface area contributed by atoms with E-state index in [1.807, 2.05) is 31.2 Å². The highest BCUT2D eigenvalue weighted by Gasteiger charge is 2.13. The molecule has 1 amide bonds. The van der Waals surface area contributed by atoms with Crippen molar-refractivity contribution >= 4 is 17.6 Å². The van der Waals surface area contributed by atoms with Crippen LogP contribution in [0.3, 0.4) is 0 Å². The molecule has 38 heavy (non-hydrogen) atoms. The first-order valence-electron chi connectivity index (χ1n) is 12.0. The third-order valence-corrected chi connectivity index (χ3v) is 5.63. The Labute approximate surface area is 222 Å². The van der Waals surface area contributed by atoms with Gasteiger partial charge in [-0.25, -0.2) is 0 Å². The van der Waals surface area contributed by atoms with Crippen LogP contribution >= 0.6 is 0 Å². The molecule has 4 N–H and O–H groups in total. The van der Waals surface area contributed by atoms with Crippen LogP contribution < -0.4 is 34.7 Å². The number of nitrogens with one attached hydrogen (secondary N) is 1. The van der Waals surface area contributed by atoms with Crippen molar-refractivity contribution in [3.63, 3.8) is 0 Å². The number of methoxy groups -OCH3 is 3. The molecule has 0 bridgehead atoms. The van der Waals surface area contributed by atoms with E-state index in [1.54, 1.807) is 69.9 Å². The summed E-state index contributed by atoms with van der Waals surface area (Å²) in [7, 11) is 4.69. The van der Waals surface area contributed by atoms with Gasteiger partial charge in [-0.15, -0.1) is 0 Å². The Morgan fingerprint density at radius 2 is 1.58 bits per heavy atom. The molecule has 0 aliphatic carbocycles. The quantitative estimate of drug-likeness (QED) is 0.167. The molecule has 0 heterocycles. The van der Waals surface area contributed by atoms with Crippen molar-refractivity contribution in [1.29, 1.82) is 0 Å². The number of ether oxygens (including phenoxy) is 5. The van der Waals surface area contributed by atoms with Gasteiger partial charge in [-0.3, -0.25) is 10.1 Å². The number of primary amides is 1. The Kier molecular flexibility index (Phi) is 10.4. The standard InChI is InChI=1S/C29H34N2O7/c1-19(38-27-8-6-5-7-26(27)35-3)31-17-22(32)18-37-23-12-9-20(10-13-23)25(29(30)33)15-21-11-14-24(34-2)16-28(21)36-4/h5-16,19,22,31-32H,17-18H2,1-4H3,(H2,30,33). The second-order valence-corrected chi connectivity index (χ2v) is 8.34. The molecule has 2 atom stereocenters. The van der Waals surface area contributed by atoms with E-state index < -0.39 is 12.0 Å². The van der Waals surface area contributed by atoms with Crippen LogP contribution in [-0.2, 0) is 4.79 Å². The summed E-state index contributed by atoms with van der Waals surface area (Å²) in [6.45, 7) is 2.16. The molecule has 3 rings (SSSR count). The summed E-state index contributed by atoms with van der Waals surface area (Å²) in [6.07, 6.45) is 0.533. The maximum absolute atomic E-state index is 12.2. The van der Waals surface area contributed by atoms with Crippen molar-refractivity contribution in [1.82, 2.24) is 5.32 Å². The highest BCUT2D eigenvalue weighted by atomic mass is 16.5. The lowest BCUT2D eigenvalue weighted by atomic mass is 10.0. The first-order valence-corrected chi connectivity index (χ1v) is 12.0. The van der Waals surface area contributed by atoms with Crippen LogP contribution in [0, 0.1) is 0 Å². The summed E-state index contributed by atoms with van der Waals surface area (Å²) < 4.78 is 27.5. The zero-order valence-electron chi connectivity index (χ0n) is 22.0. The number of nitrogens with two attached hydrogens (primary N) is 1. The van der Waals surface area contributed by atoms with Crippen LogP contribution in [-0.4, -0.2) is 57.8 Å². The monoisotopic (exact) mass is 522 g/mol. The predicted molar refractivity (Wildman–Crippen MR) is 146 cm³/mol. The van der Waals surface area contributed by atoms with Gasteiger partial charge in [0.15, 0.2) is 11.5 Å². The van der Waals surface area contributed by atoms with Gasteiger partial charge in [0, 0.05) is 23.7 Å². The van der Waals surface area contributed by atoms with Gasteiger partial charge in [0.2, 0.25) is 5.91 Å². The number of benzene rings is 3. The van der Waals surface area contributed by atoms with Crippen molar-refractivity contribution in [3.05, 3.63) is 77.9 Å². The summed E-state index contributed by atoms with van der Waals surface area (Å²) in [6, 6.07) is 19.5. The molecule has 9 heteroatoms. The normalized spacial score (nSPS) is 12.8. The van der Waals surface area contributed by atoms with Crippen LogP contribution in [0.1, 0.15) is 18.1 Å². The van der Waals surface area contributed by atoms with E-state index in [1.165, 1.54) is 0 Å². The molecule has 0 saturated heterocycles. The zero-order valence-corrected chi connectivity index (χ0v) is 22.0. The molecular formula is C29H34N2O7. The molecule has 0 spiro atoms. The highest BCUT2D eigenvalue weighted by molar-refractivity contribution is 6.23. The van der Waals surface area contributed by atoms with E-state index in [0.717, 1.165) is 0 Å². The summed E-state index contributed by atoms with van der Waals surface area (Å²) in [5, 5.41) is 13.4. The molecule has 0 saturated carbocycles. The molecule has 3 aromatic carbocycles. The second-order valence-electron chi connectivity index (χ2n) is 8.34. The first kappa shape index (κ1) is 28.4. The number of carbonyl (C=O) groups is 1. The van der Waals surface area contributed by atoms with Crippen LogP contribution in [0.4, 0.5) is 0 Å². The number of rotatable bonds is 14. The molecular weight excluding hydrogens is 488 g/mol. The van der Waals surface area contributed by atoms with Gasteiger partial charge in [0.05, 0.1) is 21.3 Å². The average Bonchev–Trinajstić information content (AvgIpc) is 2.94. The number of hydrogen-bond donors (Lipinski definition) is 3. The molecule has 9 nitrogen and oxygen atoms in total. The van der Waals surface area contributed by atoms with E-state index in [4.69, 9.17) is 29.4 Å². The molecule has 202 valence electrons. The van der Waals surface area contributed by atoms with Gasteiger partial charge in [-0.1, -0.05) is 24.3 Å². The average molecular weight is 523 g/mol. The van der Waals surface area contributed by atoms with E-state index in [9.17, 15) is 9.90 Å². The molecule has 0 radical (unpaired) electrons. The van der Waals surface area contributed by atoms with E-state index >= 15 is 0 Å². The minimum atomic E-state index is -0.776. The number of para-hydroxylation sites is 2. The van der Waals surface area contributed by atoms with E-state index in [-0.39, 0.29) is 19.4 Å². The molecule has 2 unspecified atom stereocenters. The number of aliphatic hydroxyl groups is 1. The molecule has 3 aromatic rings. The van der Waals surface area contributed by atoms with Crippen LogP contribution in [0.15, 0.2) is 66.7 Å². The third kappa shape index (κ3) is 7.89. The number of amides is 1. The summed E-state index contributed by atoms with van der Waals surface area (Å²) in [4.78, 5) is 12.2. The molecule has 0 aliphatic rings. The Hall–Kier alpha value is -4.21. The SMILES string of the molecule is COc1ccc(C=C(C(N)=O)c2ccc(OCC(O)CNC(C)Oc3ccccc3OC)cc2)c(OC)c1. The van der Waals surface area contributed by atoms with Crippen LogP contribution in [0.2, 0.25) is 0 Å². The number of carbonyl (C=O) groups excluding carboxylic acids is 1. The van der Waals surface area contributed by atoms with Gasteiger partial charge in [-0.05, 0) is 55.0 Å². The summed E-state index contributed by atoms with van der Waals surface area (Å²) >= 11 is 0. The molecule has 0 aliphatic heterocycles. The van der Waals surface area contributed by atoms with Crippen molar-refractivity contribution in [2.24, 2.45) is 5.73 Å². The van der Waals surface area contributed by atoms with Gasteiger partial charge in [0.25, 0.3) is 0 Å². The van der Waals surface area contributed by atoms with Gasteiger partial charge >= 0.3 is 0 Å². The van der Waals surface area contributed by atoms with Gasteiger partial charge < -0.3 is 34.5 Å². The summed E-state index contributed by atoms with van der Waals surface area (Å²) in [5.41, 5.74) is 7.28. The number of aliphatic hydroxyl groups excluding tert-OH is 1. The lowest BCUT2D eigenvalue weighted by Crippen LogP contribution is -2.39. The van der Waals surface area contributed by atoms with Crippen molar-refractivity contribution in [2.45, 2.75) is 19.3 Å². The molecule has 0 aromatic heterocycles. The van der Waals surface area contributed by atoms with Crippen molar-refractivity contribution in [2.75, 3.05) is 34.5 Å². The fourth-order valence-electron chi connectivity index (χ4n) is 3.62. The Balaban J connectivity index is 1.56. The fraction of sp³-hybridized carbons (Fsp3) is 0.276. The largest absolute Gasteiger partial charge is 0.497 e. The highest BCUT2D eigenvalue weighted by Crippen LogP contribution is 2.29. The molecule has 0 fully saturated rings. The predicted octanol–water partition coefficient (Wildman–Crippen LogP) is 3.49. The third-order valence-electron chi connectivity index (χ3n) is 5.63. The van der Waals surface area contributed by atoms with Gasteiger partial charge in [0.1, 0.15) is 36.2 Å². The lowest BCUT2D eigenvalue weighted by Gasteiger charge is -2.20.